The molecule has 0 aromatic heterocycles. The van der Waals surface area contributed by atoms with Crippen LogP contribution in [0.5, 0.6) is 0 Å². The molecule has 0 bridgehead atoms. The van der Waals surface area contributed by atoms with Gasteiger partial charge in [-0.15, -0.1) is 0 Å². The molecule has 0 heterocycles. The fourth-order valence-electron chi connectivity index (χ4n) is 1.24. The van der Waals surface area contributed by atoms with E-state index in [0.29, 0.717) is 6.54 Å². The molecule has 0 saturated carbocycles. The van der Waals surface area contributed by atoms with E-state index in [1.807, 2.05) is 27.7 Å². The molecule has 0 radical (unpaired) electrons. The summed E-state index contributed by atoms with van der Waals surface area (Å²) in [6.45, 7) is 10.1. The zero-order chi connectivity index (χ0) is 11.9. The molecule has 92 valence electrons. The first-order chi connectivity index (χ1) is 6.77. The number of nitrogens with one attached hydrogen (secondary N) is 2. The third-order valence-electron chi connectivity index (χ3n) is 1.73. The summed E-state index contributed by atoms with van der Waals surface area (Å²) in [5.41, 5.74) is -0.187. The van der Waals surface area contributed by atoms with Gasteiger partial charge in [0.05, 0.1) is 5.75 Å². The fraction of sp³-hybridized carbons (Fsp3) is 1.00. The Morgan fingerprint density at radius 2 is 1.73 bits per heavy atom. The molecule has 0 amide bonds. The number of rotatable bonds is 7. The van der Waals surface area contributed by atoms with Gasteiger partial charge in [-0.05, 0) is 24.9 Å². The summed E-state index contributed by atoms with van der Waals surface area (Å²) in [5.74, 6) is 0.182. The topological polar surface area (TPSA) is 58.2 Å². The Hall–Kier alpha value is -0.130. The molecule has 0 saturated heterocycles. The minimum Gasteiger partial charge on any atom is -0.317 e. The van der Waals surface area contributed by atoms with Crippen molar-refractivity contribution in [1.29, 1.82) is 0 Å². The van der Waals surface area contributed by atoms with Crippen LogP contribution in [-0.4, -0.2) is 33.8 Å². The van der Waals surface area contributed by atoms with Crippen molar-refractivity contribution < 1.29 is 8.42 Å². The molecule has 4 nitrogen and oxygen atoms in total. The maximum absolute atomic E-state index is 11.5. The van der Waals surface area contributed by atoms with Gasteiger partial charge in [-0.1, -0.05) is 27.7 Å². The molecule has 0 aromatic carbocycles. The SMILES string of the molecule is CCNCCCNS(=O)(=O)CC(C)(C)C. The van der Waals surface area contributed by atoms with Gasteiger partial charge in [0.2, 0.25) is 10.0 Å². The summed E-state index contributed by atoms with van der Waals surface area (Å²) >= 11 is 0. The van der Waals surface area contributed by atoms with Gasteiger partial charge >= 0.3 is 0 Å². The van der Waals surface area contributed by atoms with Crippen molar-refractivity contribution >= 4 is 10.0 Å². The van der Waals surface area contributed by atoms with Crippen molar-refractivity contribution in [2.75, 3.05) is 25.4 Å². The molecule has 0 spiro atoms. The Morgan fingerprint density at radius 3 is 2.20 bits per heavy atom. The van der Waals surface area contributed by atoms with Crippen LogP contribution < -0.4 is 10.0 Å². The Kier molecular flexibility index (Phi) is 6.40. The molecule has 5 heteroatoms. The first kappa shape index (κ1) is 14.9. The van der Waals surface area contributed by atoms with Crippen molar-refractivity contribution in [3.8, 4) is 0 Å². The maximum atomic E-state index is 11.5. The molecule has 2 N–H and O–H groups in total. The van der Waals surface area contributed by atoms with E-state index in [0.717, 1.165) is 19.5 Å². The molecule has 0 aromatic rings. The Bertz CT molecular complexity index is 255. The van der Waals surface area contributed by atoms with Gasteiger partial charge < -0.3 is 5.32 Å². The minimum atomic E-state index is -3.10. The second kappa shape index (κ2) is 6.45. The Labute approximate surface area is 93.9 Å². The first-order valence-corrected chi connectivity index (χ1v) is 7.10. The van der Waals surface area contributed by atoms with Crippen molar-refractivity contribution in [2.45, 2.75) is 34.1 Å². The number of hydrogen-bond acceptors (Lipinski definition) is 3. The van der Waals surface area contributed by atoms with Crippen LogP contribution in [0.2, 0.25) is 0 Å². The van der Waals surface area contributed by atoms with Gasteiger partial charge in [-0.3, -0.25) is 0 Å². The highest BCUT2D eigenvalue weighted by Crippen LogP contribution is 2.14. The lowest BCUT2D eigenvalue weighted by Crippen LogP contribution is -2.33. The molecule has 0 rings (SSSR count). The van der Waals surface area contributed by atoms with Crippen LogP contribution in [0.15, 0.2) is 0 Å². The summed E-state index contributed by atoms with van der Waals surface area (Å²) in [6.07, 6.45) is 0.831. The van der Waals surface area contributed by atoms with Crippen LogP contribution in [0.4, 0.5) is 0 Å². The van der Waals surface area contributed by atoms with Crippen LogP contribution in [0.1, 0.15) is 34.1 Å². The highest BCUT2D eigenvalue weighted by Gasteiger charge is 2.20. The predicted octanol–water partition coefficient (Wildman–Crippen LogP) is 0.952. The van der Waals surface area contributed by atoms with Crippen LogP contribution in [-0.2, 0) is 10.0 Å². The van der Waals surface area contributed by atoms with Gasteiger partial charge in [-0.25, -0.2) is 13.1 Å². The highest BCUT2D eigenvalue weighted by atomic mass is 32.2. The summed E-state index contributed by atoms with van der Waals surface area (Å²) < 4.78 is 25.7. The maximum Gasteiger partial charge on any atom is 0.212 e. The summed E-state index contributed by atoms with van der Waals surface area (Å²) in [6, 6.07) is 0. The van der Waals surface area contributed by atoms with Crippen LogP contribution in [0, 0.1) is 5.41 Å². The van der Waals surface area contributed by atoms with Crippen molar-refractivity contribution in [3.63, 3.8) is 0 Å². The van der Waals surface area contributed by atoms with Gasteiger partial charge in [-0.2, -0.15) is 0 Å². The van der Waals surface area contributed by atoms with Crippen LogP contribution in [0.25, 0.3) is 0 Å². The highest BCUT2D eigenvalue weighted by molar-refractivity contribution is 7.89. The molecule has 15 heavy (non-hydrogen) atoms. The Balaban J connectivity index is 3.76. The summed E-state index contributed by atoms with van der Waals surface area (Å²) in [5, 5.41) is 3.15. The van der Waals surface area contributed by atoms with E-state index in [9.17, 15) is 8.42 Å². The second-order valence-corrected chi connectivity index (χ2v) is 6.73. The van der Waals surface area contributed by atoms with E-state index in [4.69, 9.17) is 0 Å². The van der Waals surface area contributed by atoms with Gasteiger partial charge in [0.25, 0.3) is 0 Å². The van der Waals surface area contributed by atoms with Crippen LogP contribution in [0.3, 0.4) is 0 Å². The lowest BCUT2D eigenvalue weighted by molar-refractivity contribution is 0.457. The molecule has 0 aliphatic carbocycles. The van der Waals surface area contributed by atoms with Gasteiger partial charge in [0.15, 0.2) is 0 Å². The molecular formula is C10H24N2O2S. The Morgan fingerprint density at radius 1 is 1.13 bits per heavy atom. The molecule has 0 aliphatic rings. The third kappa shape index (κ3) is 10.2. The molecule has 0 unspecified atom stereocenters. The van der Waals surface area contributed by atoms with Crippen LogP contribution >= 0.6 is 0 Å². The first-order valence-electron chi connectivity index (χ1n) is 5.45. The van der Waals surface area contributed by atoms with E-state index < -0.39 is 10.0 Å². The van der Waals surface area contributed by atoms with E-state index in [-0.39, 0.29) is 11.2 Å². The van der Waals surface area contributed by atoms with E-state index in [2.05, 4.69) is 10.0 Å². The molecule has 0 fully saturated rings. The lowest BCUT2D eigenvalue weighted by Gasteiger charge is -2.18. The standard InChI is InChI=1S/C10H24N2O2S/c1-5-11-7-6-8-12-15(13,14)9-10(2,3)4/h11-12H,5-9H2,1-4H3. The van der Waals surface area contributed by atoms with E-state index >= 15 is 0 Å². The summed E-state index contributed by atoms with van der Waals surface area (Å²) in [7, 11) is -3.10. The fourth-order valence-corrected chi connectivity index (χ4v) is 2.94. The zero-order valence-electron chi connectivity index (χ0n) is 10.3. The lowest BCUT2D eigenvalue weighted by atomic mass is 10.0. The third-order valence-corrected chi connectivity index (χ3v) is 3.62. The average molecular weight is 236 g/mol. The smallest absolute Gasteiger partial charge is 0.212 e. The number of hydrogen-bond donors (Lipinski definition) is 2. The average Bonchev–Trinajstić information content (AvgIpc) is 1.99. The van der Waals surface area contributed by atoms with Crippen molar-refractivity contribution in [2.24, 2.45) is 5.41 Å². The van der Waals surface area contributed by atoms with Gasteiger partial charge in [0.1, 0.15) is 0 Å². The molecule has 0 atom stereocenters. The second-order valence-electron chi connectivity index (χ2n) is 4.92. The van der Waals surface area contributed by atoms with Gasteiger partial charge in [0, 0.05) is 6.54 Å². The van der Waals surface area contributed by atoms with Crippen molar-refractivity contribution in [1.82, 2.24) is 10.0 Å². The monoisotopic (exact) mass is 236 g/mol. The van der Waals surface area contributed by atoms with E-state index in [1.54, 1.807) is 0 Å². The summed E-state index contributed by atoms with van der Waals surface area (Å²) in [4.78, 5) is 0. The number of sulfonamides is 1. The zero-order valence-corrected chi connectivity index (χ0v) is 11.1. The molecular weight excluding hydrogens is 212 g/mol. The normalized spacial score (nSPS) is 13.1. The van der Waals surface area contributed by atoms with E-state index in [1.165, 1.54) is 0 Å². The largest absolute Gasteiger partial charge is 0.317 e. The quantitative estimate of drug-likeness (QED) is 0.647. The minimum absolute atomic E-state index is 0.182. The molecule has 0 aliphatic heterocycles. The predicted molar refractivity (Wildman–Crippen MR) is 64.4 cm³/mol. The van der Waals surface area contributed by atoms with Crippen molar-refractivity contribution in [3.05, 3.63) is 0 Å².